The van der Waals surface area contributed by atoms with Crippen LogP contribution >= 0.6 is 0 Å². The van der Waals surface area contributed by atoms with Crippen LogP contribution in [0.4, 0.5) is 0 Å². The molecule has 0 aliphatic carbocycles. The van der Waals surface area contributed by atoms with Crippen LogP contribution in [0.1, 0.15) is 0 Å². The molecule has 0 atom stereocenters. The Morgan fingerprint density at radius 1 is 0.294 bits per heavy atom. The fraction of sp³-hybridized carbons (Fsp3) is 0. The van der Waals surface area contributed by atoms with E-state index >= 15 is 0 Å². The summed E-state index contributed by atoms with van der Waals surface area (Å²) in [6, 6.07) is 64.7. The maximum absolute atomic E-state index is 2.48. The van der Waals surface area contributed by atoms with Gasteiger partial charge in [-0.15, -0.1) is 0 Å². The minimum atomic E-state index is 1.17. The summed E-state index contributed by atoms with van der Waals surface area (Å²) >= 11 is 0. The van der Waals surface area contributed by atoms with Gasteiger partial charge in [-0.05, 0) is 77.9 Å². The van der Waals surface area contributed by atoms with Gasteiger partial charge in [0.05, 0.1) is 38.6 Å². The van der Waals surface area contributed by atoms with Crippen molar-refractivity contribution >= 4 is 81.7 Å². The molecule has 4 aromatic heterocycles. The second-order valence-electron chi connectivity index (χ2n) is 13.7. The molecule has 8 aromatic carbocycles. The lowest BCUT2D eigenvalue weighted by molar-refractivity contribution is 1.18. The van der Waals surface area contributed by atoms with Gasteiger partial charge in [-0.25, -0.2) is 0 Å². The number of para-hydroxylation sites is 5. The SMILES string of the molecule is c1ccc(-n2c3ccccc3c3cc(-c4cccc5c4c4ccccc4n5-c4cc5c6ccccc6n6c7ccccc7c(c4)c56)ccc32)cc1. The third-order valence-electron chi connectivity index (χ3n) is 11.1. The van der Waals surface area contributed by atoms with Crippen LogP contribution in [0.3, 0.4) is 0 Å². The molecule has 0 amide bonds. The normalized spacial score (nSPS) is 12.3. The van der Waals surface area contributed by atoms with E-state index in [1.54, 1.807) is 0 Å². The lowest BCUT2D eigenvalue weighted by Gasteiger charge is -2.11. The molecule has 12 aromatic rings. The summed E-state index contributed by atoms with van der Waals surface area (Å²) in [5.74, 6) is 0. The molecule has 3 heteroatoms. The van der Waals surface area contributed by atoms with E-state index < -0.39 is 0 Å². The molecule has 0 aliphatic heterocycles. The molecule has 0 aliphatic rings. The molecule has 3 nitrogen and oxygen atoms in total. The van der Waals surface area contributed by atoms with Crippen molar-refractivity contribution in [3.63, 3.8) is 0 Å². The predicted molar refractivity (Wildman–Crippen MR) is 215 cm³/mol. The first-order chi connectivity index (χ1) is 25.3. The highest BCUT2D eigenvalue weighted by atomic mass is 15.0. The summed E-state index contributed by atoms with van der Waals surface area (Å²) < 4.78 is 7.32. The number of fused-ring (bicyclic) bond motifs is 12. The van der Waals surface area contributed by atoms with Crippen LogP contribution in [0.25, 0.3) is 104 Å². The van der Waals surface area contributed by atoms with Crippen molar-refractivity contribution in [3.05, 3.63) is 176 Å². The van der Waals surface area contributed by atoms with Gasteiger partial charge in [-0.3, -0.25) is 0 Å². The van der Waals surface area contributed by atoms with E-state index in [0.717, 1.165) is 0 Å². The quantitative estimate of drug-likeness (QED) is 0.181. The van der Waals surface area contributed by atoms with Crippen LogP contribution < -0.4 is 0 Å². The first kappa shape index (κ1) is 27.0. The number of rotatable bonds is 3. The van der Waals surface area contributed by atoms with Gasteiger partial charge in [0.1, 0.15) is 0 Å². The van der Waals surface area contributed by atoms with Gasteiger partial charge in [0.25, 0.3) is 0 Å². The third kappa shape index (κ3) is 3.52. The summed E-state index contributed by atoms with van der Waals surface area (Å²) in [7, 11) is 0. The maximum atomic E-state index is 2.48. The molecule has 0 spiro atoms. The average molecular weight is 648 g/mol. The first-order valence-electron chi connectivity index (χ1n) is 17.6. The summed E-state index contributed by atoms with van der Waals surface area (Å²) in [5, 5.41) is 10.2. The summed E-state index contributed by atoms with van der Waals surface area (Å²) in [6.45, 7) is 0. The van der Waals surface area contributed by atoms with E-state index in [-0.39, 0.29) is 0 Å². The summed E-state index contributed by atoms with van der Waals surface area (Å²) in [6.07, 6.45) is 0. The zero-order valence-electron chi connectivity index (χ0n) is 27.6. The Morgan fingerprint density at radius 2 is 0.804 bits per heavy atom. The fourth-order valence-electron chi connectivity index (χ4n) is 9.10. The highest BCUT2D eigenvalue weighted by Gasteiger charge is 2.22. The Bertz CT molecular complexity index is 3270. The Morgan fingerprint density at radius 3 is 1.49 bits per heavy atom. The average Bonchev–Trinajstić information content (AvgIpc) is 3.92. The molecule has 236 valence electrons. The molecule has 0 bridgehead atoms. The molecule has 0 unspecified atom stereocenters. The van der Waals surface area contributed by atoms with Crippen molar-refractivity contribution in [1.82, 2.24) is 13.5 Å². The predicted octanol–water partition coefficient (Wildman–Crippen LogP) is 12.7. The van der Waals surface area contributed by atoms with Crippen LogP contribution in [0.15, 0.2) is 176 Å². The molecule has 0 N–H and O–H groups in total. The minimum Gasteiger partial charge on any atom is -0.309 e. The fourth-order valence-corrected chi connectivity index (χ4v) is 9.10. The smallest absolute Gasteiger partial charge is 0.0622 e. The van der Waals surface area contributed by atoms with E-state index in [4.69, 9.17) is 0 Å². The Labute approximate surface area is 292 Å². The molecular formula is C48H29N3. The first-order valence-corrected chi connectivity index (χ1v) is 17.6. The second-order valence-corrected chi connectivity index (χ2v) is 13.7. The van der Waals surface area contributed by atoms with Gasteiger partial charge in [0.2, 0.25) is 0 Å². The van der Waals surface area contributed by atoms with E-state index in [0.29, 0.717) is 0 Å². The van der Waals surface area contributed by atoms with E-state index in [1.807, 2.05) is 0 Å². The van der Waals surface area contributed by atoms with Gasteiger partial charge >= 0.3 is 0 Å². The number of hydrogen-bond acceptors (Lipinski definition) is 0. The van der Waals surface area contributed by atoms with Gasteiger partial charge in [-0.2, -0.15) is 0 Å². The molecular weight excluding hydrogens is 619 g/mol. The minimum absolute atomic E-state index is 1.17. The van der Waals surface area contributed by atoms with Crippen LogP contribution in [0, 0.1) is 0 Å². The van der Waals surface area contributed by atoms with Crippen molar-refractivity contribution in [3.8, 4) is 22.5 Å². The van der Waals surface area contributed by atoms with Crippen molar-refractivity contribution in [2.24, 2.45) is 0 Å². The van der Waals surface area contributed by atoms with Crippen LogP contribution in [-0.4, -0.2) is 13.5 Å². The van der Waals surface area contributed by atoms with E-state index in [9.17, 15) is 0 Å². The van der Waals surface area contributed by atoms with Crippen molar-refractivity contribution < 1.29 is 0 Å². The third-order valence-corrected chi connectivity index (χ3v) is 11.1. The van der Waals surface area contributed by atoms with Crippen molar-refractivity contribution in [1.29, 1.82) is 0 Å². The van der Waals surface area contributed by atoms with Gasteiger partial charge in [0, 0.05) is 54.5 Å². The van der Waals surface area contributed by atoms with E-state index in [2.05, 4.69) is 189 Å². The van der Waals surface area contributed by atoms with Gasteiger partial charge in [-0.1, -0.05) is 109 Å². The van der Waals surface area contributed by atoms with Crippen LogP contribution in [0.5, 0.6) is 0 Å². The van der Waals surface area contributed by atoms with Crippen LogP contribution in [-0.2, 0) is 0 Å². The topological polar surface area (TPSA) is 14.3 Å². The molecule has 0 radical (unpaired) electrons. The monoisotopic (exact) mass is 647 g/mol. The molecule has 0 fully saturated rings. The molecule has 0 saturated carbocycles. The summed E-state index contributed by atoms with van der Waals surface area (Å²) in [5.41, 5.74) is 13.5. The number of hydrogen-bond donors (Lipinski definition) is 0. The number of nitrogens with zero attached hydrogens (tertiary/aromatic N) is 3. The Kier molecular flexibility index (Phi) is 5.23. The zero-order chi connectivity index (χ0) is 33.2. The van der Waals surface area contributed by atoms with Crippen molar-refractivity contribution in [2.45, 2.75) is 0 Å². The van der Waals surface area contributed by atoms with E-state index in [1.165, 1.54) is 104 Å². The maximum Gasteiger partial charge on any atom is 0.0622 e. The number of benzene rings is 8. The lowest BCUT2D eigenvalue weighted by Crippen LogP contribution is -1.94. The summed E-state index contributed by atoms with van der Waals surface area (Å²) in [4.78, 5) is 0. The highest BCUT2D eigenvalue weighted by Crippen LogP contribution is 2.44. The Hall–Kier alpha value is -6.84. The Balaban J connectivity index is 1.15. The standard InChI is InChI=1S/C48H29N3/c1-2-13-31(14-3-1)49-41-20-8-4-15-34(41)38-27-30(25-26-45(38)49)33-19-12-24-46-47(33)37-18-7-11-23-44(37)50(46)32-28-39-35-16-5-9-21-42(35)51-43-22-10-6-17-36(43)40(29-32)48(39)51/h1-29H. The highest BCUT2D eigenvalue weighted by molar-refractivity contribution is 6.25. The largest absolute Gasteiger partial charge is 0.309 e. The van der Waals surface area contributed by atoms with Gasteiger partial charge in [0.15, 0.2) is 0 Å². The lowest BCUT2D eigenvalue weighted by atomic mass is 9.98. The molecule has 51 heavy (non-hydrogen) atoms. The second kappa shape index (κ2) is 9.87. The van der Waals surface area contributed by atoms with Crippen molar-refractivity contribution in [2.75, 3.05) is 0 Å². The molecule has 4 heterocycles. The van der Waals surface area contributed by atoms with Crippen LogP contribution in [0.2, 0.25) is 0 Å². The zero-order valence-corrected chi connectivity index (χ0v) is 27.6. The van der Waals surface area contributed by atoms with Gasteiger partial charge < -0.3 is 13.5 Å². The molecule has 12 rings (SSSR count). The molecule has 0 saturated heterocycles. The number of aromatic nitrogens is 3.